The quantitative estimate of drug-likeness (QED) is 0.191. The van der Waals surface area contributed by atoms with Crippen molar-refractivity contribution in [3.8, 4) is 19.5 Å². The van der Waals surface area contributed by atoms with Crippen LogP contribution < -0.4 is 0 Å². The zero-order valence-electron chi connectivity index (χ0n) is 20.4. The number of hydrogen-bond donors (Lipinski definition) is 0. The molecule has 0 saturated carbocycles. The molecule has 0 atom stereocenters. The van der Waals surface area contributed by atoms with E-state index in [0.717, 1.165) is 0 Å². The zero-order chi connectivity index (χ0) is 24.4. The highest BCUT2D eigenvalue weighted by Crippen LogP contribution is 2.41. The van der Waals surface area contributed by atoms with Gasteiger partial charge < -0.3 is 0 Å². The molecular formula is C28H32S8. The first-order valence-corrected chi connectivity index (χ1v) is 20.0. The Morgan fingerprint density at radius 1 is 0.306 bits per heavy atom. The van der Waals surface area contributed by atoms with Gasteiger partial charge in [0.15, 0.2) is 0 Å². The van der Waals surface area contributed by atoms with Crippen LogP contribution in [0.4, 0.5) is 0 Å². The Morgan fingerprint density at radius 2 is 0.556 bits per heavy atom. The van der Waals surface area contributed by atoms with Crippen LogP contribution in [0.15, 0.2) is 65.4 Å². The summed E-state index contributed by atoms with van der Waals surface area (Å²) in [6.45, 7) is 0. The SMILES string of the molecule is c1cc2sc1SCCCCCCSc1ccc(s1)-c1ccc(s1)SCCCCCCSc1ccc-2s1. The van der Waals surface area contributed by atoms with Crippen LogP contribution in [0, 0.1) is 0 Å². The fourth-order valence-corrected chi connectivity index (χ4v) is 12.9. The van der Waals surface area contributed by atoms with E-state index in [1.54, 1.807) is 0 Å². The van der Waals surface area contributed by atoms with Crippen LogP contribution in [0.25, 0.3) is 19.5 Å². The monoisotopic (exact) mass is 624 g/mol. The van der Waals surface area contributed by atoms with Gasteiger partial charge >= 0.3 is 0 Å². The molecule has 0 radical (unpaired) electrons. The summed E-state index contributed by atoms with van der Waals surface area (Å²) < 4.78 is 5.89. The van der Waals surface area contributed by atoms with Gasteiger partial charge in [-0.1, -0.05) is 25.7 Å². The normalized spacial score (nSPS) is 17.3. The molecule has 0 saturated heterocycles. The van der Waals surface area contributed by atoms with Crippen LogP contribution in [0.1, 0.15) is 51.4 Å². The van der Waals surface area contributed by atoms with E-state index >= 15 is 0 Å². The van der Waals surface area contributed by atoms with Crippen molar-refractivity contribution in [3.63, 3.8) is 0 Å². The predicted octanol–water partition coefficient (Wildman–Crippen LogP) is 12.5. The van der Waals surface area contributed by atoms with Crippen LogP contribution in [0.2, 0.25) is 0 Å². The van der Waals surface area contributed by atoms with Gasteiger partial charge in [0.1, 0.15) is 0 Å². The molecule has 0 spiro atoms. The number of hydrogen-bond acceptors (Lipinski definition) is 8. The van der Waals surface area contributed by atoms with Gasteiger partial charge in [0, 0.05) is 19.5 Å². The smallest absolute Gasteiger partial charge is 0.0605 e. The Labute approximate surface area is 249 Å². The van der Waals surface area contributed by atoms with Gasteiger partial charge in [-0.05, 0) is 97.2 Å². The van der Waals surface area contributed by atoms with Crippen molar-refractivity contribution >= 4 is 92.4 Å². The highest BCUT2D eigenvalue weighted by Gasteiger charge is 2.09. The average Bonchev–Trinajstić information content (AvgIpc) is 3.69. The Kier molecular flexibility index (Phi) is 11.6. The van der Waals surface area contributed by atoms with E-state index in [1.165, 1.54) is 111 Å². The van der Waals surface area contributed by atoms with E-state index < -0.39 is 0 Å². The van der Waals surface area contributed by atoms with Crippen molar-refractivity contribution in [2.24, 2.45) is 0 Å². The van der Waals surface area contributed by atoms with E-state index in [2.05, 4.69) is 48.5 Å². The summed E-state index contributed by atoms with van der Waals surface area (Å²) in [5.74, 6) is 4.98. The van der Waals surface area contributed by atoms with Crippen LogP contribution in [-0.2, 0) is 0 Å². The van der Waals surface area contributed by atoms with Gasteiger partial charge in [-0.25, -0.2) is 0 Å². The minimum atomic E-state index is 1.24. The second kappa shape index (κ2) is 15.1. The van der Waals surface area contributed by atoms with E-state index in [9.17, 15) is 0 Å². The van der Waals surface area contributed by atoms with Crippen molar-refractivity contribution in [1.29, 1.82) is 0 Å². The molecule has 0 amide bonds. The van der Waals surface area contributed by atoms with Gasteiger partial charge in [-0.15, -0.1) is 92.4 Å². The first-order valence-electron chi connectivity index (χ1n) is 12.7. The lowest BCUT2D eigenvalue weighted by Crippen LogP contribution is -1.83. The molecule has 5 heterocycles. The number of rotatable bonds is 0. The Hall–Kier alpha value is 0.200. The summed E-state index contributed by atoms with van der Waals surface area (Å²) in [6.07, 6.45) is 10.7. The molecule has 0 aliphatic carbocycles. The van der Waals surface area contributed by atoms with E-state index in [1.807, 2.05) is 92.4 Å². The zero-order valence-corrected chi connectivity index (χ0v) is 26.9. The molecule has 4 aromatic rings. The third-order valence-electron chi connectivity index (χ3n) is 5.87. The van der Waals surface area contributed by atoms with Crippen molar-refractivity contribution in [2.45, 2.75) is 68.2 Å². The standard InChI is InChI=1S/C28H32S8/c1-2-6-18-30-26-14-10-23(34-26)24-12-16-28(36-24)32-20-8-4-3-7-19-31-27-15-11-22(35-27)21-9-13-25(33-21)29-17-5-1/h9-16H,1-8,17-20H2. The van der Waals surface area contributed by atoms with Crippen molar-refractivity contribution in [1.82, 2.24) is 0 Å². The first-order chi connectivity index (χ1) is 17.8. The molecule has 0 nitrogen and oxygen atoms in total. The van der Waals surface area contributed by atoms with Crippen molar-refractivity contribution in [2.75, 3.05) is 23.0 Å². The molecule has 36 heavy (non-hydrogen) atoms. The van der Waals surface area contributed by atoms with E-state index in [0.29, 0.717) is 0 Å². The molecule has 0 fully saturated rings. The molecule has 0 unspecified atom stereocenters. The number of thioether (sulfide) groups is 4. The summed E-state index contributed by atoms with van der Waals surface area (Å²) >= 11 is 16.1. The van der Waals surface area contributed by atoms with Gasteiger partial charge in [-0.3, -0.25) is 0 Å². The molecule has 8 heteroatoms. The summed E-state index contributed by atoms with van der Waals surface area (Å²) in [4.78, 5) is 5.75. The largest absolute Gasteiger partial charge is 0.128 e. The summed E-state index contributed by atoms with van der Waals surface area (Å²) in [7, 11) is 0. The third-order valence-corrected chi connectivity index (χ3v) is 15.8. The number of fused-ring (bicyclic) bond motifs is 10. The molecule has 0 aromatic carbocycles. The fourth-order valence-electron chi connectivity index (χ4n) is 3.93. The lowest BCUT2D eigenvalue weighted by molar-refractivity contribution is 0.711. The molecule has 192 valence electrons. The molecule has 4 aromatic heterocycles. The predicted molar refractivity (Wildman–Crippen MR) is 175 cm³/mol. The average molecular weight is 625 g/mol. The van der Waals surface area contributed by atoms with Gasteiger partial charge in [-0.2, -0.15) is 0 Å². The third kappa shape index (κ3) is 8.60. The topological polar surface area (TPSA) is 0 Å². The summed E-state index contributed by atoms with van der Waals surface area (Å²) in [5, 5.41) is 0. The fraction of sp³-hybridized carbons (Fsp3) is 0.429. The van der Waals surface area contributed by atoms with Crippen molar-refractivity contribution in [3.05, 3.63) is 48.5 Å². The minimum Gasteiger partial charge on any atom is -0.128 e. The molecule has 0 N–H and O–H groups in total. The van der Waals surface area contributed by atoms with Crippen LogP contribution >= 0.6 is 92.4 Å². The van der Waals surface area contributed by atoms with Crippen molar-refractivity contribution < 1.29 is 0 Å². The maximum atomic E-state index is 2.33. The number of thiophene rings is 4. The van der Waals surface area contributed by atoms with Gasteiger partial charge in [0.2, 0.25) is 0 Å². The second-order valence-corrected chi connectivity index (χ2v) is 18.6. The maximum absolute atomic E-state index is 2.33. The minimum absolute atomic E-state index is 1.24. The molecule has 1 aliphatic heterocycles. The lowest BCUT2D eigenvalue weighted by atomic mass is 10.2. The lowest BCUT2D eigenvalue weighted by Gasteiger charge is -2.01. The first kappa shape index (κ1) is 27.8. The highest BCUT2D eigenvalue weighted by atomic mass is 32.2. The summed E-state index contributed by atoms with van der Waals surface area (Å²) in [5.41, 5.74) is 0. The van der Waals surface area contributed by atoms with Crippen LogP contribution in [-0.4, -0.2) is 23.0 Å². The van der Waals surface area contributed by atoms with Gasteiger partial charge in [0.25, 0.3) is 0 Å². The molecule has 8 bridgehead atoms. The second-order valence-electron chi connectivity index (χ2n) is 8.70. The summed E-state index contributed by atoms with van der Waals surface area (Å²) in [6, 6.07) is 18.6. The van der Waals surface area contributed by atoms with E-state index in [-0.39, 0.29) is 0 Å². The van der Waals surface area contributed by atoms with Gasteiger partial charge in [0.05, 0.1) is 16.8 Å². The van der Waals surface area contributed by atoms with Crippen LogP contribution in [0.3, 0.4) is 0 Å². The van der Waals surface area contributed by atoms with Crippen LogP contribution in [0.5, 0.6) is 0 Å². The highest BCUT2D eigenvalue weighted by molar-refractivity contribution is 8.02. The maximum Gasteiger partial charge on any atom is 0.0605 e. The molecular weight excluding hydrogens is 593 g/mol. The molecule has 1 aliphatic rings. The molecule has 5 rings (SSSR count). The Morgan fingerprint density at radius 3 is 0.806 bits per heavy atom. The van der Waals surface area contributed by atoms with E-state index in [4.69, 9.17) is 0 Å². The Bertz CT molecular complexity index is 995. The Balaban J connectivity index is 1.14.